The summed E-state index contributed by atoms with van der Waals surface area (Å²) in [6, 6.07) is 8.86. The van der Waals surface area contributed by atoms with Gasteiger partial charge in [0, 0.05) is 18.7 Å². The molecule has 1 heterocycles. The molecule has 0 radical (unpaired) electrons. The lowest BCUT2D eigenvalue weighted by Crippen LogP contribution is -2.36. The second kappa shape index (κ2) is 7.70. The molecule has 5 nitrogen and oxygen atoms in total. The Morgan fingerprint density at radius 2 is 1.74 bits per heavy atom. The zero-order chi connectivity index (χ0) is 19.6. The fourth-order valence-corrected chi connectivity index (χ4v) is 4.05. The number of likely N-dealkylation sites (tertiary alicyclic amines) is 1. The first-order valence-corrected chi connectivity index (χ1v) is 10.2. The van der Waals surface area contributed by atoms with Crippen molar-refractivity contribution in [3.63, 3.8) is 0 Å². The first-order valence-electron chi connectivity index (χ1n) is 8.30. The summed E-state index contributed by atoms with van der Waals surface area (Å²) >= 11 is 6.10. The van der Waals surface area contributed by atoms with Crippen LogP contribution in [0.25, 0.3) is 0 Å². The van der Waals surface area contributed by atoms with Gasteiger partial charge in [-0.3, -0.25) is 9.52 Å². The van der Waals surface area contributed by atoms with Gasteiger partial charge in [-0.15, -0.1) is 0 Å². The van der Waals surface area contributed by atoms with Crippen LogP contribution in [0.5, 0.6) is 0 Å². The van der Waals surface area contributed by atoms with Crippen molar-refractivity contribution in [2.24, 2.45) is 0 Å². The number of anilines is 1. The molecular formula is C19H18ClFN2O3S. The Kier molecular flexibility index (Phi) is 5.53. The molecule has 0 aromatic heterocycles. The SMILES string of the molecule is C=C1CCN(C(=O)c2ccc(Cl)c(NS(=O)(=O)c3ccc(F)cc3)c2)CC1. The lowest BCUT2D eigenvalue weighted by atomic mass is 10.0. The zero-order valence-corrected chi connectivity index (χ0v) is 16.0. The Bertz CT molecular complexity index is 981. The van der Waals surface area contributed by atoms with Gasteiger partial charge in [0.25, 0.3) is 15.9 Å². The van der Waals surface area contributed by atoms with E-state index in [2.05, 4.69) is 11.3 Å². The molecule has 2 aromatic carbocycles. The van der Waals surface area contributed by atoms with Crippen molar-refractivity contribution in [1.29, 1.82) is 0 Å². The maximum Gasteiger partial charge on any atom is 0.261 e. The van der Waals surface area contributed by atoms with Crippen LogP contribution in [0, 0.1) is 5.82 Å². The lowest BCUT2D eigenvalue weighted by Gasteiger charge is -2.28. The van der Waals surface area contributed by atoms with Crippen molar-refractivity contribution in [3.8, 4) is 0 Å². The van der Waals surface area contributed by atoms with Crippen molar-refractivity contribution in [3.05, 3.63) is 71.0 Å². The molecule has 0 spiro atoms. The Labute approximate surface area is 162 Å². The van der Waals surface area contributed by atoms with Gasteiger partial charge in [0.1, 0.15) is 5.82 Å². The number of amides is 1. The predicted octanol–water partition coefficient (Wildman–Crippen LogP) is 4.07. The number of nitrogens with zero attached hydrogens (tertiary/aromatic N) is 1. The summed E-state index contributed by atoms with van der Waals surface area (Å²) in [7, 11) is -3.96. The van der Waals surface area contributed by atoms with E-state index in [1.165, 1.54) is 12.1 Å². The van der Waals surface area contributed by atoms with E-state index in [9.17, 15) is 17.6 Å². The third-order valence-corrected chi connectivity index (χ3v) is 6.05. The number of halogens is 2. The van der Waals surface area contributed by atoms with Crippen molar-refractivity contribution >= 4 is 33.2 Å². The van der Waals surface area contributed by atoms with Gasteiger partial charge in [0.15, 0.2) is 0 Å². The topological polar surface area (TPSA) is 66.5 Å². The Balaban J connectivity index is 1.84. The molecule has 3 rings (SSSR count). The van der Waals surface area contributed by atoms with Crippen LogP contribution in [0.4, 0.5) is 10.1 Å². The lowest BCUT2D eigenvalue weighted by molar-refractivity contribution is 0.0744. The maximum absolute atomic E-state index is 13.0. The smallest absolute Gasteiger partial charge is 0.261 e. The summed E-state index contributed by atoms with van der Waals surface area (Å²) in [6.07, 6.45) is 1.51. The van der Waals surface area contributed by atoms with Crippen LogP contribution in [-0.4, -0.2) is 32.3 Å². The van der Waals surface area contributed by atoms with Crippen LogP contribution in [-0.2, 0) is 10.0 Å². The van der Waals surface area contributed by atoms with E-state index in [4.69, 9.17) is 11.6 Å². The predicted molar refractivity (Wildman–Crippen MR) is 103 cm³/mol. The van der Waals surface area contributed by atoms with Gasteiger partial charge in [-0.25, -0.2) is 12.8 Å². The van der Waals surface area contributed by atoms with Crippen molar-refractivity contribution in [2.45, 2.75) is 17.7 Å². The minimum atomic E-state index is -3.96. The van der Waals surface area contributed by atoms with Crippen LogP contribution in [0.2, 0.25) is 5.02 Å². The van der Waals surface area contributed by atoms with Gasteiger partial charge in [-0.05, 0) is 55.3 Å². The summed E-state index contributed by atoms with van der Waals surface area (Å²) in [5, 5.41) is 0.157. The van der Waals surface area contributed by atoms with Gasteiger partial charge in [0.2, 0.25) is 0 Å². The first-order chi connectivity index (χ1) is 12.8. The average Bonchev–Trinajstić information content (AvgIpc) is 2.64. The molecule has 1 amide bonds. The highest BCUT2D eigenvalue weighted by Crippen LogP contribution is 2.27. The fourth-order valence-electron chi connectivity index (χ4n) is 2.76. The molecular weight excluding hydrogens is 391 g/mol. The molecule has 1 fully saturated rings. The number of benzene rings is 2. The maximum atomic E-state index is 13.0. The number of hydrogen-bond donors (Lipinski definition) is 1. The Hall–Kier alpha value is -2.38. The Morgan fingerprint density at radius 1 is 1.11 bits per heavy atom. The average molecular weight is 409 g/mol. The number of carbonyl (C=O) groups excluding carboxylic acids is 1. The molecule has 27 heavy (non-hydrogen) atoms. The summed E-state index contributed by atoms with van der Waals surface area (Å²) in [4.78, 5) is 14.3. The van der Waals surface area contributed by atoms with E-state index in [1.807, 2.05) is 0 Å². The molecule has 0 saturated carbocycles. The summed E-state index contributed by atoms with van der Waals surface area (Å²) < 4.78 is 40.4. The standard InChI is InChI=1S/C19H18ClFN2O3S/c1-13-8-10-23(11-9-13)19(24)14-2-7-17(20)18(12-14)22-27(25,26)16-5-3-15(21)4-6-16/h2-7,12,22H,1,8-11H2. The second-order valence-corrected chi connectivity index (χ2v) is 8.39. The molecule has 1 aliphatic heterocycles. The minimum Gasteiger partial charge on any atom is -0.338 e. The number of carbonyl (C=O) groups is 1. The molecule has 1 aliphatic rings. The van der Waals surface area contributed by atoms with Crippen LogP contribution < -0.4 is 4.72 Å². The largest absolute Gasteiger partial charge is 0.338 e. The zero-order valence-electron chi connectivity index (χ0n) is 14.4. The summed E-state index contributed by atoms with van der Waals surface area (Å²) in [5.74, 6) is -0.731. The highest BCUT2D eigenvalue weighted by molar-refractivity contribution is 7.92. The molecule has 1 N–H and O–H groups in total. The first kappa shape index (κ1) is 19.4. The third-order valence-electron chi connectivity index (χ3n) is 4.34. The van der Waals surface area contributed by atoms with Crippen LogP contribution in [0.3, 0.4) is 0 Å². The molecule has 0 aliphatic carbocycles. The van der Waals surface area contributed by atoms with Gasteiger partial charge in [-0.1, -0.05) is 23.8 Å². The molecule has 0 atom stereocenters. The minimum absolute atomic E-state index is 0.0910. The van der Waals surface area contributed by atoms with Gasteiger partial charge < -0.3 is 4.90 Å². The second-order valence-electron chi connectivity index (χ2n) is 6.30. The van der Waals surface area contributed by atoms with Gasteiger partial charge in [0.05, 0.1) is 15.6 Å². The fraction of sp³-hybridized carbons (Fsp3) is 0.211. The van der Waals surface area contributed by atoms with Crippen molar-refractivity contribution < 1.29 is 17.6 Å². The molecule has 0 bridgehead atoms. The van der Waals surface area contributed by atoms with E-state index in [0.29, 0.717) is 18.7 Å². The summed E-state index contributed by atoms with van der Waals surface area (Å²) in [6.45, 7) is 5.09. The normalized spacial score (nSPS) is 14.9. The van der Waals surface area contributed by atoms with E-state index in [-0.39, 0.29) is 21.5 Å². The number of hydrogen-bond acceptors (Lipinski definition) is 3. The summed E-state index contributed by atoms with van der Waals surface area (Å²) in [5.41, 5.74) is 1.54. The van der Waals surface area contributed by atoms with E-state index in [0.717, 1.165) is 42.7 Å². The number of rotatable bonds is 4. The molecule has 8 heteroatoms. The van der Waals surface area contributed by atoms with E-state index >= 15 is 0 Å². The highest BCUT2D eigenvalue weighted by atomic mass is 35.5. The van der Waals surface area contributed by atoms with E-state index < -0.39 is 15.8 Å². The third kappa shape index (κ3) is 4.48. The number of piperidine rings is 1. The molecule has 1 saturated heterocycles. The molecule has 0 unspecified atom stereocenters. The van der Waals surface area contributed by atoms with Gasteiger partial charge >= 0.3 is 0 Å². The van der Waals surface area contributed by atoms with Crippen molar-refractivity contribution in [1.82, 2.24) is 4.90 Å². The van der Waals surface area contributed by atoms with Crippen LogP contribution >= 0.6 is 11.6 Å². The van der Waals surface area contributed by atoms with Crippen LogP contribution in [0.1, 0.15) is 23.2 Å². The highest BCUT2D eigenvalue weighted by Gasteiger charge is 2.22. The monoisotopic (exact) mass is 408 g/mol. The molecule has 142 valence electrons. The van der Waals surface area contributed by atoms with E-state index in [1.54, 1.807) is 11.0 Å². The number of nitrogens with one attached hydrogen (secondary N) is 1. The van der Waals surface area contributed by atoms with Gasteiger partial charge in [-0.2, -0.15) is 0 Å². The number of sulfonamides is 1. The van der Waals surface area contributed by atoms with Crippen LogP contribution in [0.15, 0.2) is 59.5 Å². The van der Waals surface area contributed by atoms with Crippen molar-refractivity contribution in [2.75, 3.05) is 17.8 Å². The quantitative estimate of drug-likeness (QED) is 0.775. The Morgan fingerprint density at radius 3 is 2.37 bits per heavy atom. The molecule has 2 aromatic rings.